The molecule has 0 atom stereocenters. The molecule has 1 aromatic carbocycles. The number of benzene rings is 1. The predicted octanol–water partition coefficient (Wildman–Crippen LogP) is 2.87. The molecule has 0 amide bonds. The molecule has 0 unspecified atom stereocenters. The van der Waals surface area contributed by atoms with Crippen LogP contribution in [0, 0.1) is 6.92 Å². The summed E-state index contributed by atoms with van der Waals surface area (Å²) >= 11 is 0. The average molecular weight is 337 g/mol. The van der Waals surface area contributed by atoms with Crippen LogP contribution in [-0.4, -0.2) is 26.3 Å². The molecular formula is C18H19N5O2. The van der Waals surface area contributed by atoms with Gasteiger partial charge in [-0.15, -0.1) is 0 Å². The van der Waals surface area contributed by atoms with Gasteiger partial charge in [-0.1, -0.05) is 13.0 Å². The third kappa shape index (κ3) is 3.13. The number of nitrogens with one attached hydrogen (secondary N) is 1. The van der Waals surface area contributed by atoms with Gasteiger partial charge in [0, 0.05) is 25.4 Å². The first kappa shape index (κ1) is 15.4. The summed E-state index contributed by atoms with van der Waals surface area (Å²) in [5, 5.41) is 3.33. The quantitative estimate of drug-likeness (QED) is 0.772. The lowest BCUT2D eigenvalue weighted by Gasteiger charge is -2.09. The van der Waals surface area contributed by atoms with Gasteiger partial charge in [0.2, 0.25) is 12.7 Å². The van der Waals surface area contributed by atoms with Crippen LogP contribution in [0.15, 0.2) is 36.7 Å². The van der Waals surface area contributed by atoms with Gasteiger partial charge in [0.25, 0.3) is 0 Å². The number of aryl methyl sites for hydroxylation is 2. The largest absolute Gasteiger partial charge is 0.454 e. The molecule has 1 aliphatic heterocycles. The second-order valence-corrected chi connectivity index (χ2v) is 5.81. The smallest absolute Gasteiger partial charge is 0.237 e. The SMILES string of the molecule is CCc1nc(C)cn1-c1nccc(NCc2ccc3c(c2)OCO3)n1. The fourth-order valence-corrected chi connectivity index (χ4v) is 2.78. The number of imidazole rings is 1. The Morgan fingerprint density at radius 1 is 1.16 bits per heavy atom. The van der Waals surface area contributed by atoms with E-state index in [1.807, 2.05) is 42.0 Å². The zero-order valence-corrected chi connectivity index (χ0v) is 14.2. The molecule has 2 aromatic heterocycles. The summed E-state index contributed by atoms with van der Waals surface area (Å²) in [4.78, 5) is 13.5. The van der Waals surface area contributed by atoms with Crippen molar-refractivity contribution in [2.45, 2.75) is 26.8 Å². The Morgan fingerprint density at radius 2 is 2.04 bits per heavy atom. The maximum atomic E-state index is 5.41. The predicted molar refractivity (Wildman–Crippen MR) is 93.2 cm³/mol. The minimum absolute atomic E-state index is 0.283. The third-order valence-electron chi connectivity index (χ3n) is 3.98. The fraction of sp³-hybridized carbons (Fsp3) is 0.278. The van der Waals surface area contributed by atoms with Crippen LogP contribution in [0.1, 0.15) is 24.0 Å². The summed E-state index contributed by atoms with van der Waals surface area (Å²) in [6, 6.07) is 7.77. The highest BCUT2D eigenvalue weighted by atomic mass is 16.7. The number of aromatic nitrogens is 4. The highest BCUT2D eigenvalue weighted by Crippen LogP contribution is 2.32. The molecule has 0 saturated carbocycles. The number of hydrogen-bond acceptors (Lipinski definition) is 6. The van der Waals surface area contributed by atoms with E-state index >= 15 is 0 Å². The van der Waals surface area contributed by atoms with E-state index in [0.717, 1.165) is 40.8 Å². The zero-order valence-electron chi connectivity index (χ0n) is 14.2. The molecule has 4 rings (SSSR count). The Kier molecular flexibility index (Phi) is 3.97. The first-order valence-electron chi connectivity index (χ1n) is 8.23. The minimum atomic E-state index is 0.283. The fourth-order valence-electron chi connectivity index (χ4n) is 2.78. The van der Waals surface area contributed by atoms with E-state index in [1.165, 1.54) is 0 Å². The van der Waals surface area contributed by atoms with Crippen molar-refractivity contribution in [1.82, 2.24) is 19.5 Å². The normalized spacial score (nSPS) is 12.4. The Labute approximate surface area is 145 Å². The van der Waals surface area contributed by atoms with Crippen molar-refractivity contribution in [3.05, 3.63) is 53.7 Å². The van der Waals surface area contributed by atoms with Crippen molar-refractivity contribution < 1.29 is 9.47 Å². The molecule has 0 radical (unpaired) electrons. The molecule has 3 aromatic rings. The molecule has 0 fully saturated rings. The van der Waals surface area contributed by atoms with Crippen LogP contribution in [-0.2, 0) is 13.0 Å². The van der Waals surface area contributed by atoms with Crippen molar-refractivity contribution in [3.63, 3.8) is 0 Å². The van der Waals surface area contributed by atoms with Gasteiger partial charge in [-0.05, 0) is 30.7 Å². The molecule has 25 heavy (non-hydrogen) atoms. The van der Waals surface area contributed by atoms with Crippen LogP contribution in [0.25, 0.3) is 5.95 Å². The van der Waals surface area contributed by atoms with Gasteiger partial charge in [0.15, 0.2) is 11.5 Å². The Morgan fingerprint density at radius 3 is 2.92 bits per heavy atom. The van der Waals surface area contributed by atoms with Crippen molar-refractivity contribution in [2.24, 2.45) is 0 Å². The molecule has 7 nitrogen and oxygen atoms in total. The van der Waals surface area contributed by atoms with Gasteiger partial charge in [0.05, 0.1) is 5.69 Å². The van der Waals surface area contributed by atoms with Gasteiger partial charge in [0.1, 0.15) is 11.6 Å². The summed E-state index contributed by atoms with van der Waals surface area (Å²) in [7, 11) is 0. The second-order valence-electron chi connectivity index (χ2n) is 5.81. The van der Waals surface area contributed by atoms with Crippen LogP contribution >= 0.6 is 0 Å². The molecule has 0 aliphatic carbocycles. The van der Waals surface area contributed by atoms with Crippen molar-refractivity contribution in [1.29, 1.82) is 0 Å². The second kappa shape index (κ2) is 6.43. The lowest BCUT2D eigenvalue weighted by Crippen LogP contribution is -2.07. The topological polar surface area (TPSA) is 74.1 Å². The standard InChI is InChI=1S/C18H19N5O2/c1-3-17-21-12(2)10-23(17)18-19-7-6-16(22-18)20-9-13-4-5-14-15(8-13)25-11-24-14/h4-8,10H,3,9,11H2,1-2H3,(H,19,20,22). The van der Waals surface area contributed by atoms with E-state index in [-0.39, 0.29) is 6.79 Å². The first-order chi connectivity index (χ1) is 12.2. The van der Waals surface area contributed by atoms with Gasteiger partial charge in [-0.2, -0.15) is 4.98 Å². The molecule has 1 N–H and O–H groups in total. The highest BCUT2D eigenvalue weighted by molar-refractivity contribution is 5.46. The number of ether oxygens (including phenoxy) is 2. The summed E-state index contributed by atoms with van der Waals surface area (Å²) in [6.07, 6.45) is 4.53. The summed E-state index contributed by atoms with van der Waals surface area (Å²) < 4.78 is 12.7. The maximum Gasteiger partial charge on any atom is 0.237 e. The number of rotatable bonds is 5. The molecule has 0 spiro atoms. The van der Waals surface area contributed by atoms with Crippen LogP contribution in [0.4, 0.5) is 5.82 Å². The number of anilines is 1. The van der Waals surface area contributed by atoms with E-state index < -0.39 is 0 Å². The molecule has 0 saturated heterocycles. The summed E-state index contributed by atoms with van der Waals surface area (Å²) in [6.45, 7) is 4.96. The van der Waals surface area contributed by atoms with E-state index in [0.29, 0.717) is 12.5 Å². The number of fused-ring (bicyclic) bond motifs is 1. The van der Waals surface area contributed by atoms with Gasteiger partial charge < -0.3 is 14.8 Å². The first-order valence-corrected chi connectivity index (χ1v) is 8.23. The Bertz CT molecular complexity index is 906. The lowest BCUT2D eigenvalue weighted by molar-refractivity contribution is 0.174. The van der Waals surface area contributed by atoms with Crippen molar-refractivity contribution in [2.75, 3.05) is 12.1 Å². The maximum absolute atomic E-state index is 5.41. The van der Waals surface area contributed by atoms with E-state index in [2.05, 4.69) is 27.2 Å². The molecule has 0 bridgehead atoms. The van der Waals surface area contributed by atoms with Crippen LogP contribution in [0.2, 0.25) is 0 Å². The third-order valence-corrected chi connectivity index (χ3v) is 3.98. The van der Waals surface area contributed by atoms with Crippen LogP contribution in [0.3, 0.4) is 0 Å². The Balaban J connectivity index is 1.52. The van der Waals surface area contributed by atoms with Crippen molar-refractivity contribution >= 4 is 5.82 Å². The molecule has 3 heterocycles. The van der Waals surface area contributed by atoms with Gasteiger partial charge in [-0.3, -0.25) is 4.57 Å². The molecule has 7 heteroatoms. The molecule has 128 valence electrons. The summed E-state index contributed by atoms with van der Waals surface area (Å²) in [5.74, 6) is 3.90. The van der Waals surface area contributed by atoms with Gasteiger partial charge >= 0.3 is 0 Å². The van der Waals surface area contributed by atoms with E-state index in [9.17, 15) is 0 Å². The Hall–Kier alpha value is -3.09. The monoisotopic (exact) mass is 337 g/mol. The van der Waals surface area contributed by atoms with Crippen LogP contribution in [0.5, 0.6) is 11.5 Å². The van der Waals surface area contributed by atoms with E-state index in [4.69, 9.17) is 9.47 Å². The van der Waals surface area contributed by atoms with Crippen molar-refractivity contribution in [3.8, 4) is 17.4 Å². The molecular weight excluding hydrogens is 318 g/mol. The van der Waals surface area contributed by atoms with Gasteiger partial charge in [-0.25, -0.2) is 9.97 Å². The van der Waals surface area contributed by atoms with Crippen LogP contribution < -0.4 is 14.8 Å². The zero-order chi connectivity index (χ0) is 17.2. The minimum Gasteiger partial charge on any atom is -0.454 e. The number of nitrogens with zero attached hydrogens (tertiary/aromatic N) is 4. The average Bonchev–Trinajstić information content (AvgIpc) is 3.25. The highest BCUT2D eigenvalue weighted by Gasteiger charge is 2.13. The van der Waals surface area contributed by atoms with E-state index in [1.54, 1.807) is 6.20 Å². The lowest BCUT2D eigenvalue weighted by atomic mass is 10.2. The molecule has 1 aliphatic rings. The summed E-state index contributed by atoms with van der Waals surface area (Å²) in [5.41, 5.74) is 2.05. The number of hydrogen-bond donors (Lipinski definition) is 1.